The van der Waals surface area contributed by atoms with Gasteiger partial charge in [-0.15, -0.1) is 0 Å². The first kappa shape index (κ1) is 14.7. The lowest BCUT2D eigenvalue weighted by atomic mass is 9.86. The van der Waals surface area contributed by atoms with Gasteiger partial charge in [0.15, 0.2) is 0 Å². The van der Waals surface area contributed by atoms with E-state index >= 15 is 0 Å². The summed E-state index contributed by atoms with van der Waals surface area (Å²) >= 11 is 6.18. The predicted octanol–water partition coefficient (Wildman–Crippen LogP) is 4.07. The van der Waals surface area contributed by atoms with Crippen LogP contribution in [0.4, 0.5) is 5.69 Å². The first-order valence-corrected chi connectivity index (χ1v) is 7.65. The monoisotopic (exact) mass is 280 g/mol. The first-order valence-electron chi connectivity index (χ1n) is 7.27. The summed E-state index contributed by atoms with van der Waals surface area (Å²) in [6.07, 6.45) is 5.28. The summed E-state index contributed by atoms with van der Waals surface area (Å²) in [6, 6.07) is 6.88. The lowest BCUT2D eigenvalue weighted by Gasteiger charge is -2.36. The van der Waals surface area contributed by atoms with Gasteiger partial charge in [-0.1, -0.05) is 24.6 Å². The van der Waals surface area contributed by atoms with E-state index in [0.717, 1.165) is 17.5 Å². The molecule has 0 bridgehead atoms. The van der Waals surface area contributed by atoms with Crippen LogP contribution in [0.1, 0.15) is 38.2 Å². The lowest BCUT2D eigenvalue weighted by molar-refractivity contribution is 0.340. The molecule has 0 unspecified atom stereocenters. The maximum absolute atomic E-state index is 6.18. The van der Waals surface area contributed by atoms with E-state index in [4.69, 9.17) is 11.6 Å². The van der Waals surface area contributed by atoms with E-state index in [0.29, 0.717) is 6.04 Å². The average molecular weight is 281 g/mol. The largest absolute Gasteiger partial charge is 0.371 e. The van der Waals surface area contributed by atoms with Crippen molar-refractivity contribution in [2.24, 2.45) is 5.92 Å². The summed E-state index contributed by atoms with van der Waals surface area (Å²) in [7, 11) is 4.20. The van der Waals surface area contributed by atoms with Gasteiger partial charge in [-0.2, -0.15) is 0 Å². The van der Waals surface area contributed by atoms with Gasteiger partial charge in [0.25, 0.3) is 0 Å². The highest BCUT2D eigenvalue weighted by atomic mass is 35.5. The number of nitrogens with one attached hydrogen (secondary N) is 1. The number of hydrogen-bond donors (Lipinski definition) is 1. The van der Waals surface area contributed by atoms with Gasteiger partial charge < -0.3 is 10.2 Å². The number of nitrogens with zero attached hydrogens (tertiary/aromatic N) is 1. The quantitative estimate of drug-likeness (QED) is 0.894. The summed E-state index contributed by atoms with van der Waals surface area (Å²) in [4.78, 5) is 2.43. The summed E-state index contributed by atoms with van der Waals surface area (Å²) in [5.74, 6) is 0.890. The minimum absolute atomic E-state index is 0.658. The molecule has 1 N–H and O–H groups in total. The minimum atomic E-state index is 0.658. The van der Waals surface area contributed by atoms with Crippen LogP contribution in [0, 0.1) is 5.92 Å². The second-order valence-electron chi connectivity index (χ2n) is 5.83. The second-order valence-corrected chi connectivity index (χ2v) is 6.26. The molecule has 1 aromatic rings. The Morgan fingerprint density at radius 1 is 1.26 bits per heavy atom. The Balaban J connectivity index is 2.17. The molecule has 0 spiro atoms. The van der Waals surface area contributed by atoms with Crippen molar-refractivity contribution >= 4 is 17.3 Å². The number of anilines is 1. The molecular formula is C16H25ClN2. The maximum Gasteiger partial charge on any atom is 0.0426 e. The van der Waals surface area contributed by atoms with Crippen LogP contribution in [0.2, 0.25) is 5.02 Å². The van der Waals surface area contributed by atoms with Gasteiger partial charge in [0, 0.05) is 30.3 Å². The fourth-order valence-corrected chi connectivity index (χ4v) is 3.20. The summed E-state index contributed by atoms with van der Waals surface area (Å²) in [5.41, 5.74) is 2.61. The molecule has 1 saturated carbocycles. The van der Waals surface area contributed by atoms with Crippen molar-refractivity contribution in [2.45, 2.75) is 45.2 Å². The Bertz CT molecular complexity index is 411. The maximum atomic E-state index is 6.18. The summed E-state index contributed by atoms with van der Waals surface area (Å²) in [5, 5.41) is 4.06. The molecule has 0 aliphatic heterocycles. The molecule has 0 amide bonds. The molecular weight excluding hydrogens is 256 g/mol. The lowest BCUT2D eigenvalue weighted by Crippen LogP contribution is -2.35. The zero-order valence-electron chi connectivity index (χ0n) is 12.2. The van der Waals surface area contributed by atoms with Crippen molar-refractivity contribution in [3.8, 4) is 0 Å². The van der Waals surface area contributed by atoms with E-state index in [2.05, 4.69) is 36.3 Å². The smallest absolute Gasteiger partial charge is 0.0426 e. The molecule has 2 rings (SSSR count). The number of benzene rings is 1. The van der Waals surface area contributed by atoms with Gasteiger partial charge in [0.05, 0.1) is 0 Å². The van der Waals surface area contributed by atoms with Crippen molar-refractivity contribution in [3.63, 3.8) is 0 Å². The SMILES string of the molecule is CNCc1ccc(Cl)cc1N(C)C1CCC(C)CC1. The van der Waals surface area contributed by atoms with Gasteiger partial charge in [0.1, 0.15) is 0 Å². The second kappa shape index (κ2) is 6.62. The van der Waals surface area contributed by atoms with Crippen LogP contribution in [0.3, 0.4) is 0 Å². The fraction of sp³-hybridized carbons (Fsp3) is 0.625. The van der Waals surface area contributed by atoms with Gasteiger partial charge in [-0.25, -0.2) is 0 Å². The van der Waals surface area contributed by atoms with Crippen molar-refractivity contribution in [3.05, 3.63) is 28.8 Å². The highest BCUT2D eigenvalue weighted by molar-refractivity contribution is 6.30. The molecule has 0 radical (unpaired) electrons. The van der Waals surface area contributed by atoms with E-state index < -0.39 is 0 Å². The van der Waals surface area contributed by atoms with Gasteiger partial charge in [0.2, 0.25) is 0 Å². The van der Waals surface area contributed by atoms with Crippen LogP contribution in [-0.2, 0) is 6.54 Å². The van der Waals surface area contributed by atoms with Crippen LogP contribution < -0.4 is 10.2 Å². The third-order valence-electron chi connectivity index (χ3n) is 4.33. The normalized spacial score (nSPS) is 23.4. The molecule has 0 aromatic heterocycles. The molecule has 106 valence electrons. The first-order chi connectivity index (χ1) is 9.11. The number of hydrogen-bond acceptors (Lipinski definition) is 2. The highest BCUT2D eigenvalue weighted by Crippen LogP contribution is 2.32. The van der Waals surface area contributed by atoms with E-state index in [-0.39, 0.29) is 0 Å². The van der Waals surface area contributed by atoms with Crippen molar-refractivity contribution in [1.29, 1.82) is 0 Å². The average Bonchev–Trinajstić information content (AvgIpc) is 2.41. The highest BCUT2D eigenvalue weighted by Gasteiger charge is 2.23. The van der Waals surface area contributed by atoms with E-state index in [1.807, 2.05) is 13.1 Å². The Hall–Kier alpha value is -0.730. The molecule has 1 aliphatic rings. The zero-order valence-corrected chi connectivity index (χ0v) is 13.0. The molecule has 1 aliphatic carbocycles. The summed E-state index contributed by atoms with van der Waals surface area (Å²) in [6.45, 7) is 3.25. The molecule has 1 aromatic carbocycles. The van der Waals surface area contributed by atoms with E-state index in [9.17, 15) is 0 Å². The van der Waals surface area contributed by atoms with Crippen molar-refractivity contribution in [1.82, 2.24) is 5.32 Å². The van der Waals surface area contributed by atoms with E-state index in [1.54, 1.807) is 0 Å². The number of rotatable bonds is 4. The minimum Gasteiger partial charge on any atom is -0.371 e. The third-order valence-corrected chi connectivity index (χ3v) is 4.56. The predicted molar refractivity (Wildman–Crippen MR) is 84.0 cm³/mol. The van der Waals surface area contributed by atoms with Gasteiger partial charge in [-0.3, -0.25) is 0 Å². The Morgan fingerprint density at radius 2 is 1.95 bits per heavy atom. The van der Waals surface area contributed by atoms with Crippen LogP contribution in [-0.4, -0.2) is 20.1 Å². The molecule has 1 fully saturated rings. The molecule has 0 heterocycles. The molecule has 2 nitrogen and oxygen atoms in total. The standard InChI is InChI=1S/C16H25ClN2/c1-12-4-8-15(9-5-12)19(3)16-10-14(17)7-6-13(16)11-18-2/h6-7,10,12,15,18H,4-5,8-9,11H2,1-3H3. The van der Waals surface area contributed by atoms with Crippen LogP contribution in [0.15, 0.2) is 18.2 Å². The van der Waals surface area contributed by atoms with Crippen LogP contribution in [0.5, 0.6) is 0 Å². The Morgan fingerprint density at radius 3 is 2.58 bits per heavy atom. The Labute approximate surface area is 122 Å². The summed E-state index contributed by atoms with van der Waals surface area (Å²) < 4.78 is 0. The molecule has 0 saturated heterocycles. The Kier molecular flexibility index (Phi) is 5.12. The number of halogens is 1. The van der Waals surface area contributed by atoms with Crippen LogP contribution in [0.25, 0.3) is 0 Å². The van der Waals surface area contributed by atoms with Crippen molar-refractivity contribution < 1.29 is 0 Å². The van der Waals surface area contributed by atoms with Crippen molar-refractivity contribution in [2.75, 3.05) is 19.0 Å². The van der Waals surface area contributed by atoms with Gasteiger partial charge in [-0.05, 0) is 56.3 Å². The zero-order chi connectivity index (χ0) is 13.8. The molecule has 3 heteroatoms. The molecule has 0 atom stereocenters. The van der Waals surface area contributed by atoms with Crippen LogP contribution >= 0.6 is 11.6 Å². The van der Waals surface area contributed by atoms with Gasteiger partial charge >= 0.3 is 0 Å². The topological polar surface area (TPSA) is 15.3 Å². The van der Waals surface area contributed by atoms with E-state index in [1.165, 1.54) is 36.9 Å². The molecule has 19 heavy (non-hydrogen) atoms. The third kappa shape index (κ3) is 3.64. The fourth-order valence-electron chi connectivity index (χ4n) is 3.03.